The summed E-state index contributed by atoms with van der Waals surface area (Å²) in [6, 6.07) is 5.22. The number of carbonyl (C=O) groups is 1. The Balaban J connectivity index is 1.38. The normalized spacial score (nSPS) is 30.1. The predicted molar refractivity (Wildman–Crippen MR) is 105 cm³/mol. The third kappa shape index (κ3) is 4.66. The van der Waals surface area contributed by atoms with Gasteiger partial charge in [-0.3, -0.25) is 9.69 Å². The molecule has 1 saturated heterocycles. The maximum absolute atomic E-state index is 13.7. The van der Waals surface area contributed by atoms with Crippen LogP contribution in [0.5, 0.6) is 5.75 Å². The first-order valence-electron chi connectivity index (χ1n) is 10.4. The molecule has 4 rings (SSSR count). The number of ether oxygens (including phenoxy) is 2. The average Bonchev–Trinajstić information content (AvgIpc) is 3.40. The molecule has 154 valence electrons. The SMILES string of the molecule is COc1cc(CN2C[C@H]3C[C@@H](NC(C)=O)[C@H](OCC4CC4)C[C@H]3C2)ccc1F. The highest BCUT2D eigenvalue weighted by Gasteiger charge is 2.43. The van der Waals surface area contributed by atoms with Gasteiger partial charge in [-0.25, -0.2) is 4.39 Å². The molecule has 5 nitrogen and oxygen atoms in total. The number of carbonyl (C=O) groups excluding carboxylic acids is 1. The van der Waals surface area contributed by atoms with Gasteiger partial charge in [-0.05, 0) is 61.1 Å². The van der Waals surface area contributed by atoms with Crippen LogP contribution in [0.4, 0.5) is 4.39 Å². The van der Waals surface area contributed by atoms with E-state index in [2.05, 4.69) is 10.2 Å². The number of methoxy groups -OCH3 is 1. The number of halogens is 1. The largest absolute Gasteiger partial charge is 0.494 e. The lowest BCUT2D eigenvalue weighted by molar-refractivity contribution is -0.122. The molecule has 1 aromatic carbocycles. The number of hydrogen-bond donors (Lipinski definition) is 1. The summed E-state index contributed by atoms with van der Waals surface area (Å²) in [5, 5.41) is 3.13. The van der Waals surface area contributed by atoms with Crippen LogP contribution < -0.4 is 10.1 Å². The van der Waals surface area contributed by atoms with Gasteiger partial charge in [0.1, 0.15) is 0 Å². The van der Waals surface area contributed by atoms with E-state index in [9.17, 15) is 9.18 Å². The van der Waals surface area contributed by atoms with E-state index in [1.54, 1.807) is 13.0 Å². The third-order valence-corrected chi connectivity index (χ3v) is 6.45. The highest BCUT2D eigenvalue weighted by atomic mass is 19.1. The Morgan fingerprint density at radius 1 is 1.25 bits per heavy atom. The van der Waals surface area contributed by atoms with Crippen molar-refractivity contribution in [2.45, 2.75) is 51.3 Å². The van der Waals surface area contributed by atoms with Crippen molar-refractivity contribution in [3.05, 3.63) is 29.6 Å². The minimum absolute atomic E-state index is 0.0248. The lowest BCUT2D eigenvalue weighted by Gasteiger charge is -2.38. The summed E-state index contributed by atoms with van der Waals surface area (Å²) in [6.07, 6.45) is 4.65. The molecule has 1 heterocycles. The molecule has 1 aromatic rings. The summed E-state index contributed by atoms with van der Waals surface area (Å²) in [6.45, 7) is 5.25. The van der Waals surface area contributed by atoms with Crippen LogP contribution in [0.25, 0.3) is 0 Å². The fourth-order valence-corrected chi connectivity index (χ4v) is 4.84. The van der Waals surface area contributed by atoms with Crippen LogP contribution >= 0.6 is 0 Å². The number of amides is 1. The monoisotopic (exact) mass is 390 g/mol. The molecule has 1 aliphatic heterocycles. The Morgan fingerprint density at radius 2 is 2.00 bits per heavy atom. The number of hydrogen-bond acceptors (Lipinski definition) is 4. The molecule has 0 unspecified atom stereocenters. The smallest absolute Gasteiger partial charge is 0.217 e. The maximum Gasteiger partial charge on any atom is 0.217 e. The van der Waals surface area contributed by atoms with Crippen LogP contribution in [0.3, 0.4) is 0 Å². The number of rotatable bonds is 7. The minimum Gasteiger partial charge on any atom is -0.494 e. The first-order valence-corrected chi connectivity index (χ1v) is 10.4. The second-order valence-corrected chi connectivity index (χ2v) is 8.78. The Hall–Kier alpha value is -1.66. The fraction of sp³-hybridized carbons (Fsp3) is 0.682. The summed E-state index contributed by atoms with van der Waals surface area (Å²) in [5.41, 5.74) is 1.07. The number of likely N-dealkylation sites (tertiary alicyclic amines) is 1. The van der Waals surface area contributed by atoms with Crippen LogP contribution in [0, 0.1) is 23.6 Å². The van der Waals surface area contributed by atoms with Gasteiger partial charge in [0.2, 0.25) is 5.91 Å². The van der Waals surface area contributed by atoms with E-state index in [1.165, 1.54) is 26.0 Å². The van der Waals surface area contributed by atoms with Crippen LogP contribution in [-0.4, -0.2) is 49.8 Å². The number of benzene rings is 1. The zero-order chi connectivity index (χ0) is 19.7. The second kappa shape index (κ2) is 8.37. The molecule has 0 spiro atoms. The molecule has 2 saturated carbocycles. The van der Waals surface area contributed by atoms with Crippen molar-refractivity contribution in [2.75, 3.05) is 26.8 Å². The summed E-state index contributed by atoms with van der Waals surface area (Å²) >= 11 is 0. The highest BCUT2D eigenvalue weighted by Crippen LogP contribution is 2.39. The predicted octanol–water partition coefficient (Wildman–Crippen LogP) is 2.98. The van der Waals surface area contributed by atoms with Crippen LogP contribution in [0.2, 0.25) is 0 Å². The van der Waals surface area contributed by atoms with Crippen LogP contribution in [0.15, 0.2) is 18.2 Å². The molecule has 2 aliphatic carbocycles. The molecule has 0 radical (unpaired) electrons. The van der Waals surface area contributed by atoms with Gasteiger partial charge in [0, 0.05) is 33.2 Å². The van der Waals surface area contributed by atoms with Gasteiger partial charge >= 0.3 is 0 Å². The van der Waals surface area contributed by atoms with Gasteiger partial charge in [-0.2, -0.15) is 0 Å². The summed E-state index contributed by atoms with van der Waals surface area (Å²) in [5.74, 6) is 1.89. The van der Waals surface area contributed by atoms with Gasteiger partial charge in [-0.1, -0.05) is 6.07 Å². The molecule has 3 fully saturated rings. The molecule has 1 N–H and O–H groups in total. The quantitative estimate of drug-likeness (QED) is 0.778. The van der Waals surface area contributed by atoms with Crippen molar-refractivity contribution in [3.63, 3.8) is 0 Å². The molecule has 6 heteroatoms. The molecule has 3 aliphatic rings. The first kappa shape index (κ1) is 19.6. The van der Waals surface area contributed by atoms with Crippen molar-refractivity contribution >= 4 is 5.91 Å². The standard InChI is InChI=1S/C22H31FN2O3/c1-14(26)24-20-8-17-11-25(10-16-5-6-19(23)21(7-16)27-2)12-18(17)9-22(20)28-13-15-3-4-15/h5-7,15,17-18,20,22H,3-4,8-13H2,1-2H3,(H,24,26)/t17-,18+,20-,22-/m1/s1. The zero-order valence-electron chi connectivity index (χ0n) is 16.8. The number of nitrogens with one attached hydrogen (secondary N) is 1. The summed E-state index contributed by atoms with van der Waals surface area (Å²) in [4.78, 5) is 14.1. The lowest BCUT2D eigenvalue weighted by atomic mass is 9.77. The van der Waals surface area contributed by atoms with Crippen molar-refractivity contribution in [3.8, 4) is 5.75 Å². The van der Waals surface area contributed by atoms with Crippen molar-refractivity contribution in [1.82, 2.24) is 10.2 Å². The Bertz CT molecular complexity index is 709. The minimum atomic E-state index is -0.324. The number of fused-ring (bicyclic) bond motifs is 1. The van der Waals surface area contributed by atoms with E-state index in [1.807, 2.05) is 6.07 Å². The van der Waals surface area contributed by atoms with Gasteiger partial charge in [-0.15, -0.1) is 0 Å². The molecular weight excluding hydrogens is 359 g/mol. The molecular formula is C22H31FN2O3. The molecule has 0 bridgehead atoms. The third-order valence-electron chi connectivity index (χ3n) is 6.45. The van der Waals surface area contributed by atoms with Crippen molar-refractivity contribution in [1.29, 1.82) is 0 Å². The molecule has 4 atom stereocenters. The van der Waals surface area contributed by atoms with E-state index in [0.29, 0.717) is 17.6 Å². The Morgan fingerprint density at radius 3 is 2.68 bits per heavy atom. The zero-order valence-corrected chi connectivity index (χ0v) is 16.8. The number of nitrogens with zero attached hydrogens (tertiary/aromatic N) is 1. The first-order chi connectivity index (χ1) is 13.5. The molecule has 0 aromatic heterocycles. The molecule has 1 amide bonds. The van der Waals surface area contributed by atoms with E-state index in [0.717, 1.165) is 50.6 Å². The van der Waals surface area contributed by atoms with Crippen molar-refractivity contribution in [2.24, 2.45) is 17.8 Å². The lowest BCUT2D eigenvalue weighted by Crippen LogP contribution is -2.50. The van der Waals surface area contributed by atoms with Crippen molar-refractivity contribution < 1.29 is 18.7 Å². The Kier molecular flexibility index (Phi) is 5.88. The van der Waals surface area contributed by atoms with Crippen LogP contribution in [0.1, 0.15) is 38.2 Å². The van der Waals surface area contributed by atoms with E-state index in [-0.39, 0.29) is 23.9 Å². The Labute approximate surface area is 166 Å². The average molecular weight is 390 g/mol. The fourth-order valence-electron chi connectivity index (χ4n) is 4.84. The highest BCUT2D eigenvalue weighted by molar-refractivity contribution is 5.73. The summed E-state index contributed by atoms with van der Waals surface area (Å²) in [7, 11) is 1.50. The van der Waals surface area contributed by atoms with Gasteiger partial charge in [0.15, 0.2) is 11.6 Å². The van der Waals surface area contributed by atoms with Gasteiger partial charge in [0.25, 0.3) is 0 Å². The van der Waals surface area contributed by atoms with Gasteiger partial charge in [0.05, 0.1) is 19.3 Å². The second-order valence-electron chi connectivity index (χ2n) is 8.78. The van der Waals surface area contributed by atoms with Crippen LogP contribution in [-0.2, 0) is 16.1 Å². The maximum atomic E-state index is 13.7. The van der Waals surface area contributed by atoms with E-state index >= 15 is 0 Å². The van der Waals surface area contributed by atoms with Gasteiger partial charge < -0.3 is 14.8 Å². The van der Waals surface area contributed by atoms with E-state index in [4.69, 9.17) is 9.47 Å². The topological polar surface area (TPSA) is 50.8 Å². The summed E-state index contributed by atoms with van der Waals surface area (Å²) < 4.78 is 25.0. The molecule has 28 heavy (non-hydrogen) atoms. The van der Waals surface area contributed by atoms with E-state index < -0.39 is 0 Å².